The maximum Gasteiger partial charge on any atom is 0.291 e. The van der Waals surface area contributed by atoms with Crippen LogP contribution in [0.4, 0.5) is 10.1 Å². The van der Waals surface area contributed by atoms with Crippen LogP contribution in [-0.2, 0) is 13.0 Å². The number of rotatable bonds is 8. The largest absolute Gasteiger partial charge is 0.459 e. The van der Waals surface area contributed by atoms with E-state index < -0.39 is 0 Å². The van der Waals surface area contributed by atoms with Gasteiger partial charge in [-0.25, -0.2) is 9.38 Å². The number of H-pyrrole nitrogens is 1. The standard InChI is InChI=1S/C25H26FN5O2.HI/c1-2-27-25(28-12-11-18-16-29-22-14-19(26)7-10-21(18)22)30-15-17-5-8-20(9-6-17)31-24(32)23-4-3-13-33-23;/h3-10,13-14,16,29H,2,11-12,15H2,1H3,(H,31,32)(H2,27,28,30);1H. The van der Waals surface area contributed by atoms with Crippen LogP contribution in [0.25, 0.3) is 10.9 Å². The molecule has 2 aromatic carbocycles. The second-order valence-corrected chi connectivity index (χ2v) is 7.50. The molecule has 0 unspecified atom stereocenters. The van der Waals surface area contributed by atoms with Gasteiger partial charge in [0.1, 0.15) is 5.82 Å². The van der Waals surface area contributed by atoms with Gasteiger partial charge in [-0.2, -0.15) is 0 Å². The van der Waals surface area contributed by atoms with Crippen LogP contribution in [0, 0.1) is 5.82 Å². The summed E-state index contributed by atoms with van der Waals surface area (Å²) >= 11 is 0. The summed E-state index contributed by atoms with van der Waals surface area (Å²) in [6.07, 6.45) is 4.16. The maximum absolute atomic E-state index is 13.4. The number of nitrogens with zero attached hydrogens (tertiary/aromatic N) is 1. The van der Waals surface area contributed by atoms with E-state index >= 15 is 0 Å². The third kappa shape index (κ3) is 6.60. The molecule has 34 heavy (non-hydrogen) atoms. The molecule has 0 bridgehead atoms. The Morgan fingerprint density at radius 2 is 1.94 bits per heavy atom. The van der Waals surface area contributed by atoms with Crippen LogP contribution in [-0.4, -0.2) is 29.9 Å². The molecule has 0 radical (unpaired) electrons. The molecule has 0 atom stereocenters. The van der Waals surface area contributed by atoms with Crippen molar-refractivity contribution >= 4 is 52.4 Å². The number of aromatic amines is 1. The highest BCUT2D eigenvalue weighted by Crippen LogP contribution is 2.19. The number of fused-ring (bicyclic) bond motifs is 1. The Kier molecular flexibility index (Phi) is 9.08. The van der Waals surface area contributed by atoms with Crippen LogP contribution in [0.3, 0.4) is 0 Å². The first-order chi connectivity index (χ1) is 16.1. The normalized spacial score (nSPS) is 11.2. The van der Waals surface area contributed by atoms with E-state index in [0.29, 0.717) is 18.8 Å². The van der Waals surface area contributed by atoms with Crippen molar-refractivity contribution in [1.82, 2.24) is 15.6 Å². The van der Waals surface area contributed by atoms with Gasteiger partial charge < -0.3 is 25.4 Å². The summed E-state index contributed by atoms with van der Waals surface area (Å²) in [5, 5.41) is 10.4. The molecule has 7 nitrogen and oxygen atoms in total. The number of aromatic nitrogens is 1. The van der Waals surface area contributed by atoms with Crippen molar-refractivity contribution in [1.29, 1.82) is 0 Å². The van der Waals surface area contributed by atoms with E-state index in [0.717, 1.165) is 41.0 Å². The average Bonchev–Trinajstić information content (AvgIpc) is 3.49. The number of hydrogen-bond acceptors (Lipinski definition) is 3. The van der Waals surface area contributed by atoms with Gasteiger partial charge in [0.05, 0.1) is 12.8 Å². The Morgan fingerprint density at radius 1 is 1.12 bits per heavy atom. The Bertz CT molecular complexity index is 1240. The lowest BCUT2D eigenvalue weighted by atomic mass is 10.1. The minimum Gasteiger partial charge on any atom is -0.459 e. The molecule has 0 aliphatic rings. The maximum atomic E-state index is 13.4. The molecule has 1 amide bonds. The highest BCUT2D eigenvalue weighted by Gasteiger charge is 2.08. The number of carbonyl (C=O) groups excluding carboxylic acids is 1. The van der Waals surface area contributed by atoms with Crippen molar-refractivity contribution in [2.24, 2.45) is 4.99 Å². The number of benzene rings is 2. The lowest BCUT2D eigenvalue weighted by Gasteiger charge is -2.11. The van der Waals surface area contributed by atoms with E-state index in [-0.39, 0.29) is 41.5 Å². The van der Waals surface area contributed by atoms with Crippen LogP contribution in [0.15, 0.2) is 76.5 Å². The van der Waals surface area contributed by atoms with Crippen LogP contribution in [0.2, 0.25) is 0 Å². The smallest absolute Gasteiger partial charge is 0.291 e. The molecule has 0 fully saturated rings. The summed E-state index contributed by atoms with van der Waals surface area (Å²) in [6.45, 7) is 3.94. The average molecular weight is 575 g/mol. The fraction of sp³-hybridized carbons (Fsp3) is 0.200. The number of halogens is 2. The number of hydrogen-bond donors (Lipinski definition) is 4. The molecular formula is C25H27FIN5O2. The number of aliphatic imine (C=N–C) groups is 1. The van der Waals surface area contributed by atoms with Gasteiger partial charge in [0.25, 0.3) is 5.91 Å². The van der Waals surface area contributed by atoms with Crippen LogP contribution < -0.4 is 16.0 Å². The van der Waals surface area contributed by atoms with Crippen LogP contribution in [0.5, 0.6) is 0 Å². The number of carbonyl (C=O) groups is 1. The highest BCUT2D eigenvalue weighted by atomic mass is 127. The minimum absolute atomic E-state index is 0. The number of nitrogens with one attached hydrogen (secondary N) is 4. The minimum atomic E-state index is -0.287. The fourth-order valence-electron chi connectivity index (χ4n) is 3.49. The second kappa shape index (κ2) is 12.2. The molecule has 178 valence electrons. The third-order valence-corrected chi connectivity index (χ3v) is 5.14. The van der Waals surface area contributed by atoms with Gasteiger partial charge in [0, 0.05) is 35.9 Å². The van der Waals surface area contributed by atoms with Crippen LogP contribution >= 0.6 is 24.0 Å². The Balaban J connectivity index is 0.00000324. The van der Waals surface area contributed by atoms with Gasteiger partial charge in [0.15, 0.2) is 11.7 Å². The highest BCUT2D eigenvalue weighted by molar-refractivity contribution is 14.0. The van der Waals surface area contributed by atoms with Crippen molar-refractivity contribution < 1.29 is 13.6 Å². The molecule has 2 aromatic heterocycles. The predicted octanol–water partition coefficient (Wildman–Crippen LogP) is 5.07. The van der Waals surface area contributed by atoms with Gasteiger partial charge in [-0.05, 0) is 66.9 Å². The first kappa shape index (κ1) is 25.3. The SMILES string of the molecule is CCNC(=NCc1ccc(NC(=O)c2ccco2)cc1)NCCc1c[nH]c2cc(F)ccc12.I. The molecule has 0 spiro atoms. The van der Waals surface area contributed by atoms with E-state index in [4.69, 9.17) is 4.42 Å². The van der Waals surface area contributed by atoms with E-state index in [9.17, 15) is 9.18 Å². The molecule has 4 rings (SSSR count). The number of furan rings is 1. The van der Waals surface area contributed by atoms with Crippen molar-refractivity contribution in [3.8, 4) is 0 Å². The van der Waals surface area contributed by atoms with Crippen LogP contribution in [0.1, 0.15) is 28.6 Å². The van der Waals surface area contributed by atoms with E-state index in [1.54, 1.807) is 18.2 Å². The summed E-state index contributed by atoms with van der Waals surface area (Å²) in [7, 11) is 0. The number of anilines is 1. The third-order valence-electron chi connectivity index (χ3n) is 5.14. The molecule has 9 heteroatoms. The van der Waals surface area contributed by atoms with Gasteiger partial charge in [-0.15, -0.1) is 24.0 Å². The molecule has 4 N–H and O–H groups in total. The lowest BCUT2D eigenvalue weighted by molar-refractivity contribution is 0.0996. The van der Waals surface area contributed by atoms with E-state index in [2.05, 4.69) is 25.9 Å². The molecule has 0 aliphatic heterocycles. The first-order valence-electron chi connectivity index (χ1n) is 10.8. The second-order valence-electron chi connectivity index (χ2n) is 7.50. The summed E-state index contributed by atoms with van der Waals surface area (Å²) < 4.78 is 18.5. The molecule has 0 saturated heterocycles. The monoisotopic (exact) mass is 575 g/mol. The predicted molar refractivity (Wildman–Crippen MR) is 143 cm³/mol. The zero-order chi connectivity index (χ0) is 23.0. The lowest BCUT2D eigenvalue weighted by Crippen LogP contribution is -2.38. The zero-order valence-electron chi connectivity index (χ0n) is 18.7. The molecular weight excluding hydrogens is 548 g/mol. The first-order valence-corrected chi connectivity index (χ1v) is 10.8. The van der Waals surface area contributed by atoms with E-state index in [1.807, 2.05) is 37.4 Å². The van der Waals surface area contributed by atoms with Crippen molar-refractivity contribution in [3.05, 3.63) is 89.8 Å². The Labute approximate surface area is 214 Å². The van der Waals surface area contributed by atoms with Gasteiger partial charge in [0.2, 0.25) is 0 Å². The number of guanidine groups is 1. The summed E-state index contributed by atoms with van der Waals surface area (Å²) in [5.41, 5.74) is 3.63. The topological polar surface area (TPSA) is 94.4 Å². The molecule has 0 aliphatic carbocycles. The van der Waals surface area contributed by atoms with Crippen molar-refractivity contribution in [3.63, 3.8) is 0 Å². The zero-order valence-corrected chi connectivity index (χ0v) is 21.1. The van der Waals surface area contributed by atoms with Crippen molar-refractivity contribution in [2.45, 2.75) is 19.9 Å². The molecule has 4 aromatic rings. The van der Waals surface area contributed by atoms with E-state index in [1.165, 1.54) is 18.4 Å². The molecule has 2 heterocycles. The van der Waals surface area contributed by atoms with Crippen molar-refractivity contribution in [2.75, 3.05) is 18.4 Å². The number of amides is 1. The summed E-state index contributed by atoms with van der Waals surface area (Å²) in [4.78, 5) is 19.8. The summed E-state index contributed by atoms with van der Waals surface area (Å²) in [6, 6.07) is 15.6. The molecule has 0 saturated carbocycles. The fourth-order valence-corrected chi connectivity index (χ4v) is 3.49. The van der Waals surface area contributed by atoms with Gasteiger partial charge >= 0.3 is 0 Å². The van der Waals surface area contributed by atoms with Gasteiger partial charge in [-0.3, -0.25) is 4.79 Å². The van der Waals surface area contributed by atoms with Gasteiger partial charge in [-0.1, -0.05) is 12.1 Å². The Morgan fingerprint density at radius 3 is 2.68 bits per heavy atom. The summed E-state index contributed by atoms with van der Waals surface area (Å²) in [5.74, 6) is 0.455. The Hall–Kier alpha value is -3.34. The quantitative estimate of drug-likeness (QED) is 0.134.